The summed E-state index contributed by atoms with van der Waals surface area (Å²) < 4.78 is 1.71. The minimum absolute atomic E-state index is 0.0998. The van der Waals surface area contributed by atoms with Gasteiger partial charge in [0.25, 0.3) is 0 Å². The summed E-state index contributed by atoms with van der Waals surface area (Å²) in [5, 5.41) is 5.88. The fourth-order valence-electron chi connectivity index (χ4n) is 3.57. The highest BCUT2D eigenvalue weighted by Gasteiger charge is 2.20. The molecule has 5 rings (SSSR count). The van der Waals surface area contributed by atoms with Crippen molar-refractivity contribution in [3.05, 3.63) is 71.7 Å². The Kier molecular flexibility index (Phi) is 3.79. The molecule has 2 aromatic heterocycles. The molecule has 4 aromatic rings. The van der Waals surface area contributed by atoms with Crippen LogP contribution in [0.5, 0.6) is 0 Å². The highest BCUT2D eigenvalue weighted by molar-refractivity contribution is 8.00. The maximum atomic E-state index is 12.8. The maximum Gasteiger partial charge on any atom is 0.173 e. The lowest BCUT2D eigenvalue weighted by atomic mass is 10.0. The van der Waals surface area contributed by atoms with E-state index in [1.807, 2.05) is 25.2 Å². The van der Waals surface area contributed by atoms with E-state index in [4.69, 9.17) is 0 Å². The molecule has 0 atom stereocenters. The number of aromatic nitrogens is 4. The number of hydrogen-bond acceptors (Lipinski definition) is 5. The molecular weight excluding hydrogens is 356 g/mol. The van der Waals surface area contributed by atoms with Crippen LogP contribution < -0.4 is 0 Å². The van der Waals surface area contributed by atoms with Crippen molar-refractivity contribution in [1.82, 2.24) is 19.7 Å². The van der Waals surface area contributed by atoms with Gasteiger partial charge in [0.15, 0.2) is 11.4 Å². The number of fused-ring (bicyclic) bond motifs is 4. The SMILES string of the molecule is Cn1ncc2c(SCC(=O)c3ccc4c(c3)-c3ccccc3C4)ncnc21. The molecule has 6 heteroatoms. The number of Topliss-reactive ketones (excluding diaryl/α,β-unsaturated/α-hetero) is 1. The third-order valence-electron chi connectivity index (χ3n) is 4.95. The molecule has 0 aliphatic heterocycles. The van der Waals surface area contributed by atoms with E-state index in [1.54, 1.807) is 10.9 Å². The number of carbonyl (C=O) groups excluding carboxylic acids is 1. The van der Waals surface area contributed by atoms with Crippen molar-refractivity contribution < 1.29 is 4.79 Å². The zero-order chi connectivity index (χ0) is 18.4. The van der Waals surface area contributed by atoms with Crippen LogP contribution >= 0.6 is 11.8 Å². The number of nitrogens with zero attached hydrogens (tertiary/aromatic N) is 4. The van der Waals surface area contributed by atoms with E-state index >= 15 is 0 Å². The monoisotopic (exact) mass is 372 g/mol. The third-order valence-corrected chi connectivity index (χ3v) is 5.96. The number of rotatable bonds is 4. The molecule has 2 aromatic carbocycles. The highest BCUT2D eigenvalue weighted by Crippen LogP contribution is 2.37. The van der Waals surface area contributed by atoms with Crippen LogP contribution in [0.3, 0.4) is 0 Å². The summed E-state index contributed by atoms with van der Waals surface area (Å²) >= 11 is 1.43. The number of ketones is 1. The summed E-state index contributed by atoms with van der Waals surface area (Å²) in [7, 11) is 1.84. The summed E-state index contributed by atoms with van der Waals surface area (Å²) in [4.78, 5) is 21.3. The van der Waals surface area contributed by atoms with Gasteiger partial charge < -0.3 is 0 Å². The molecule has 0 N–H and O–H groups in total. The zero-order valence-corrected chi connectivity index (χ0v) is 15.5. The predicted molar refractivity (Wildman–Crippen MR) is 106 cm³/mol. The second-order valence-electron chi connectivity index (χ2n) is 6.60. The van der Waals surface area contributed by atoms with Crippen LogP contribution in [0.4, 0.5) is 0 Å². The molecule has 132 valence electrons. The van der Waals surface area contributed by atoms with Crippen LogP contribution in [0.1, 0.15) is 21.5 Å². The van der Waals surface area contributed by atoms with Gasteiger partial charge in [0, 0.05) is 12.6 Å². The normalized spacial score (nSPS) is 12.2. The Bertz CT molecular complexity index is 1200. The molecule has 0 saturated carbocycles. The van der Waals surface area contributed by atoms with Crippen LogP contribution in [0, 0.1) is 0 Å². The zero-order valence-electron chi connectivity index (χ0n) is 14.7. The number of hydrogen-bond donors (Lipinski definition) is 0. The van der Waals surface area contributed by atoms with E-state index in [0.717, 1.165) is 28.0 Å². The summed E-state index contributed by atoms with van der Waals surface area (Å²) in [6.07, 6.45) is 4.20. The van der Waals surface area contributed by atoms with Crippen molar-refractivity contribution >= 4 is 28.6 Å². The molecule has 0 spiro atoms. The van der Waals surface area contributed by atoms with Gasteiger partial charge in [-0.3, -0.25) is 9.48 Å². The lowest BCUT2D eigenvalue weighted by Gasteiger charge is -2.06. The Balaban J connectivity index is 1.40. The van der Waals surface area contributed by atoms with Gasteiger partial charge >= 0.3 is 0 Å². The first-order valence-electron chi connectivity index (χ1n) is 8.70. The first-order chi connectivity index (χ1) is 13.2. The van der Waals surface area contributed by atoms with Crippen molar-refractivity contribution in [1.29, 1.82) is 0 Å². The first-order valence-corrected chi connectivity index (χ1v) is 9.69. The summed E-state index contributed by atoms with van der Waals surface area (Å²) in [6.45, 7) is 0. The Morgan fingerprint density at radius 3 is 2.89 bits per heavy atom. The second-order valence-corrected chi connectivity index (χ2v) is 7.57. The molecule has 0 unspecified atom stereocenters. The van der Waals surface area contributed by atoms with Crippen molar-refractivity contribution in [2.45, 2.75) is 11.4 Å². The summed E-state index contributed by atoms with van der Waals surface area (Å²) in [6, 6.07) is 14.4. The lowest BCUT2D eigenvalue weighted by molar-refractivity contribution is 0.102. The van der Waals surface area contributed by atoms with Gasteiger partial charge in [-0.15, -0.1) is 0 Å². The molecule has 0 fully saturated rings. The van der Waals surface area contributed by atoms with Gasteiger partial charge in [-0.2, -0.15) is 5.10 Å². The average molecular weight is 372 g/mol. The van der Waals surface area contributed by atoms with Gasteiger partial charge in [-0.1, -0.05) is 48.2 Å². The molecule has 1 aliphatic carbocycles. The van der Waals surface area contributed by atoms with E-state index in [0.29, 0.717) is 5.75 Å². The fourth-order valence-corrected chi connectivity index (χ4v) is 4.43. The molecule has 0 amide bonds. The van der Waals surface area contributed by atoms with Gasteiger partial charge in [0.2, 0.25) is 0 Å². The predicted octanol–water partition coefficient (Wildman–Crippen LogP) is 3.91. The summed E-state index contributed by atoms with van der Waals surface area (Å²) in [5.74, 6) is 0.435. The number of aryl methyl sites for hydroxylation is 1. The third kappa shape index (κ3) is 2.73. The van der Waals surface area contributed by atoms with Crippen LogP contribution in [-0.2, 0) is 13.5 Å². The van der Waals surface area contributed by atoms with Crippen molar-refractivity contribution in [2.75, 3.05) is 5.75 Å². The average Bonchev–Trinajstić information content (AvgIpc) is 3.26. The molecule has 5 nitrogen and oxygen atoms in total. The first kappa shape index (κ1) is 16.2. The minimum atomic E-state index is 0.0998. The van der Waals surface area contributed by atoms with Crippen molar-refractivity contribution in [3.8, 4) is 11.1 Å². The molecule has 2 heterocycles. The number of benzene rings is 2. The maximum absolute atomic E-state index is 12.8. The van der Waals surface area contributed by atoms with Crippen LogP contribution in [0.15, 0.2) is 60.0 Å². The Labute approximate surface area is 160 Å². The minimum Gasteiger partial charge on any atom is -0.293 e. The van der Waals surface area contributed by atoms with Crippen LogP contribution in [0.2, 0.25) is 0 Å². The number of carbonyl (C=O) groups is 1. The molecule has 0 radical (unpaired) electrons. The highest BCUT2D eigenvalue weighted by atomic mass is 32.2. The molecule has 0 bridgehead atoms. The van der Waals surface area contributed by atoms with Gasteiger partial charge in [-0.25, -0.2) is 9.97 Å². The van der Waals surface area contributed by atoms with E-state index in [2.05, 4.69) is 39.3 Å². The van der Waals surface area contributed by atoms with E-state index < -0.39 is 0 Å². The van der Waals surface area contributed by atoms with Gasteiger partial charge in [0.1, 0.15) is 11.4 Å². The fraction of sp³-hybridized carbons (Fsp3) is 0.143. The largest absolute Gasteiger partial charge is 0.293 e. The Morgan fingerprint density at radius 1 is 1.11 bits per heavy atom. The van der Waals surface area contributed by atoms with Crippen molar-refractivity contribution in [2.24, 2.45) is 7.05 Å². The Hall–Kier alpha value is -2.99. The lowest BCUT2D eigenvalue weighted by Crippen LogP contribution is -2.03. The molecule has 27 heavy (non-hydrogen) atoms. The van der Waals surface area contributed by atoms with E-state index in [-0.39, 0.29) is 5.78 Å². The smallest absolute Gasteiger partial charge is 0.173 e. The Morgan fingerprint density at radius 2 is 1.96 bits per heavy atom. The molecule has 0 saturated heterocycles. The van der Waals surface area contributed by atoms with Gasteiger partial charge in [0.05, 0.1) is 17.3 Å². The number of thioether (sulfide) groups is 1. The standard InChI is InChI=1S/C21H16N4OS/c1-25-20-18(10-24-25)21(23-12-22-20)27-11-19(26)15-7-6-14-8-13-4-2-3-5-16(13)17(14)9-15/h2-7,9-10,12H,8,11H2,1H3. The van der Waals surface area contributed by atoms with Crippen molar-refractivity contribution in [3.63, 3.8) is 0 Å². The van der Waals surface area contributed by atoms with Crippen LogP contribution in [-0.4, -0.2) is 31.3 Å². The molecule has 1 aliphatic rings. The summed E-state index contributed by atoms with van der Waals surface area (Å²) in [5.41, 5.74) is 6.55. The quantitative estimate of drug-likeness (QED) is 0.272. The van der Waals surface area contributed by atoms with Gasteiger partial charge in [-0.05, 0) is 34.7 Å². The van der Waals surface area contributed by atoms with E-state index in [9.17, 15) is 4.79 Å². The topological polar surface area (TPSA) is 60.7 Å². The van der Waals surface area contributed by atoms with Crippen LogP contribution in [0.25, 0.3) is 22.2 Å². The van der Waals surface area contributed by atoms with E-state index in [1.165, 1.54) is 40.3 Å². The molecular formula is C21H16N4OS. The second kappa shape index (κ2) is 6.32.